The van der Waals surface area contributed by atoms with E-state index in [-0.39, 0.29) is 5.91 Å². The second kappa shape index (κ2) is 7.28. The molecule has 5 heteroatoms. The minimum atomic E-state index is 0.0554. The molecule has 1 heterocycles. The Kier molecular flexibility index (Phi) is 6.02. The summed E-state index contributed by atoms with van der Waals surface area (Å²) in [4.78, 5) is 11.6. The molecule has 19 heavy (non-hydrogen) atoms. The number of hydrogen-bond acceptors (Lipinski definition) is 3. The van der Waals surface area contributed by atoms with E-state index < -0.39 is 0 Å². The standard InChI is InChI=1S/C14H26N4O/c1-10(2)6-7-16-14(19)9-15-8-13-11(3)17-18(5)12(13)4/h10,15H,6-9H2,1-5H3,(H,16,19). The van der Waals surface area contributed by atoms with Crippen molar-refractivity contribution in [1.82, 2.24) is 20.4 Å². The Morgan fingerprint density at radius 3 is 2.58 bits per heavy atom. The Bertz CT molecular complexity index is 423. The highest BCUT2D eigenvalue weighted by Gasteiger charge is 2.09. The minimum Gasteiger partial charge on any atom is -0.355 e. The van der Waals surface area contributed by atoms with Gasteiger partial charge in [-0.3, -0.25) is 9.48 Å². The van der Waals surface area contributed by atoms with Crippen LogP contribution < -0.4 is 10.6 Å². The average molecular weight is 266 g/mol. The maximum atomic E-state index is 11.6. The van der Waals surface area contributed by atoms with Crippen LogP contribution in [-0.2, 0) is 18.4 Å². The molecule has 0 unspecified atom stereocenters. The molecular formula is C14H26N4O. The summed E-state index contributed by atoms with van der Waals surface area (Å²) in [6, 6.07) is 0. The van der Waals surface area contributed by atoms with Gasteiger partial charge in [0.05, 0.1) is 12.2 Å². The Morgan fingerprint density at radius 2 is 2.05 bits per heavy atom. The highest BCUT2D eigenvalue weighted by molar-refractivity contribution is 5.77. The molecule has 0 radical (unpaired) electrons. The summed E-state index contributed by atoms with van der Waals surface area (Å²) in [6.07, 6.45) is 1.02. The quantitative estimate of drug-likeness (QED) is 0.782. The van der Waals surface area contributed by atoms with Crippen LogP contribution in [0.25, 0.3) is 0 Å². The maximum absolute atomic E-state index is 11.6. The molecule has 0 saturated heterocycles. The molecule has 5 nitrogen and oxygen atoms in total. The van der Waals surface area contributed by atoms with Gasteiger partial charge in [-0.05, 0) is 26.2 Å². The molecule has 0 fully saturated rings. The van der Waals surface area contributed by atoms with E-state index in [1.807, 2.05) is 25.6 Å². The normalized spacial score (nSPS) is 11.1. The van der Waals surface area contributed by atoms with Gasteiger partial charge in [-0.2, -0.15) is 5.10 Å². The zero-order valence-electron chi connectivity index (χ0n) is 12.7. The Balaban J connectivity index is 2.28. The lowest BCUT2D eigenvalue weighted by atomic mass is 10.1. The van der Waals surface area contributed by atoms with Gasteiger partial charge in [-0.15, -0.1) is 0 Å². The molecule has 1 amide bonds. The van der Waals surface area contributed by atoms with E-state index in [2.05, 4.69) is 29.6 Å². The van der Waals surface area contributed by atoms with Crippen LogP contribution >= 0.6 is 0 Å². The topological polar surface area (TPSA) is 59.0 Å². The lowest BCUT2D eigenvalue weighted by molar-refractivity contribution is -0.120. The molecule has 0 aromatic carbocycles. The van der Waals surface area contributed by atoms with Crippen LogP contribution in [0.3, 0.4) is 0 Å². The number of nitrogens with one attached hydrogen (secondary N) is 2. The molecule has 0 atom stereocenters. The highest BCUT2D eigenvalue weighted by atomic mass is 16.1. The van der Waals surface area contributed by atoms with Crippen molar-refractivity contribution in [2.75, 3.05) is 13.1 Å². The van der Waals surface area contributed by atoms with Crippen LogP contribution in [0.1, 0.15) is 37.2 Å². The molecule has 0 aliphatic carbocycles. The second-order valence-electron chi connectivity index (χ2n) is 5.41. The van der Waals surface area contributed by atoms with Gasteiger partial charge in [0, 0.05) is 31.4 Å². The first-order chi connectivity index (χ1) is 8.91. The predicted octanol–water partition coefficient (Wildman–Crippen LogP) is 1.29. The average Bonchev–Trinajstić information content (AvgIpc) is 2.55. The van der Waals surface area contributed by atoms with Crippen molar-refractivity contribution >= 4 is 5.91 Å². The molecule has 2 N–H and O–H groups in total. The number of amides is 1. The van der Waals surface area contributed by atoms with Gasteiger partial charge in [0.1, 0.15) is 0 Å². The minimum absolute atomic E-state index is 0.0554. The molecule has 1 aromatic rings. The molecule has 1 aromatic heterocycles. The molecule has 0 aliphatic heterocycles. The van der Waals surface area contributed by atoms with E-state index in [4.69, 9.17) is 0 Å². The van der Waals surface area contributed by atoms with Crippen molar-refractivity contribution in [3.05, 3.63) is 17.0 Å². The maximum Gasteiger partial charge on any atom is 0.233 e. The van der Waals surface area contributed by atoms with Crippen molar-refractivity contribution in [1.29, 1.82) is 0 Å². The van der Waals surface area contributed by atoms with E-state index in [1.54, 1.807) is 0 Å². The van der Waals surface area contributed by atoms with Crippen molar-refractivity contribution in [3.63, 3.8) is 0 Å². The smallest absolute Gasteiger partial charge is 0.233 e. The summed E-state index contributed by atoms with van der Waals surface area (Å²) in [5.74, 6) is 0.675. The Morgan fingerprint density at radius 1 is 1.37 bits per heavy atom. The van der Waals surface area contributed by atoms with Crippen LogP contribution in [0.5, 0.6) is 0 Å². The fourth-order valence-electron chi connectivity index (χ4n) is 1.94. The third kappa shape index (κ3) is 5.03. The first-order valence-corrected chi connectivity index (χ1v) is 6.88. The zero-order valence-corrected chi connectivity index (χ0v) is 12.7. The molecule has 1 rings (SSSR count). The summed E-state index contributed by atoms with van der Waals surface area (Å²) >= 11 is 0. The van der Waals surface area contributed by atoms with Gasteiger partial charge in [0.15, 0.2) is 0 Å². The largest absolute Gasteiger partial charge is 0.355 e. The molecule has 0 bridgehead atoms. The summed E-state index contributed by atoms with van der Waals surface area (Å²) in [6.45, 7) is 10.1. The SMILES string of the molecule is Cc1nn(C)c(C)c1CNCC(=O)NCCC(C)C. The number of nitrogens with zero attached hydrogens (tertiary/aromatic N) is 2. The summed E-state index contributed by atoms with van der Waals surface area (Å²) in [5, 5.41) is 10.4. The van der Waals surface area contributed by atoms with Crippen LogP contribution in [-0.4, -0.2) is 28.8 Å². The van der Waals surface area contributed by atoms with Gasteiger partial charge in [0.25, 0.3) is 0 Å². The molecule has 108 valence electrons. The first kappa shape index (κ1) is 15.7. The van der Waals surface area contributed by atoms with Crippen molar-refractivity contribution in [2.45, 2.75) is 40.7 Å². The number of hydrogen-bond donors (Lipinski definition) is 2. The predicted molar refractivity (Wildman–Crippen MR) is 76.9 cm³/mol. The van der Waals surface area contributed by atoms with Crippen molar-refractivity contribution in [2.24, 2.45) is 13.0 Å². The fraction of sp³-hybridized carbons (Fsp3) is 0.714. The fourth-order valence-corrected chi connectivity index (χ4v) is 1.94. The van der Waals surface area contributed by atoms with E-state index in [1.165, 1.54) is 5.56 Å². The third-order valence-corrected chi connectivity index (χ3v) is 3.29. The number of carbonyl (C=O) groups is 1. The van der Waals surface area contributed by atoms with E-state index in [0.717, 1.165) is 24.4 Å². The van der Waals surface area contributed by atoms with E-state index in [9.17, 15) is 4.79 Å². The summed E-state index contributed by atoms with van der Waals surface area (Å²) < 4.78 is 1.87. The Hall–Kier alpha value is -1.36. The van der Waals surface area contributed by atoms with Gasteiger partial charge < -0.3 is 10.6 Å². The number of aromatic nitrogens is 2. The Labute approximate surface area is 115 Å². The molecule has 0 aliphatic rings. The summed E-state index contributed by atoms with van der Waals surface area (Å²) in [7, 11) is 1.93. The lowest BCUT2D eigenvalue weighted by Crippen LogP contribution is -2.34. The molecule has 0 saturated carbocycles. The van der Waals surface area contributed by atoms with Crippen LogP contribution in [0, 0.1) is 19.8 Å². The van der Waals surface area contributed by atoms with Crippen LogP contribution in [0.2, 0.25) is 0 Å². The van der Waals surface area contributed by atoms with Crippen molar-refractivity contribution in [3.8, 4) is 0 Å². The van der Waals surface area contributed by atoms with Gasteiger partial charge in [0.2, 0.25) is 5.91 Å². The van der Waals surface area contributed by atoms with E-state index >= 15 is 0 Å². The van der Waals surface area contributed by atoms with Gasteiger partial charge in [-0.1, -0.05) is 13.8 Å². The van der Waals surface area contributed by atoms with Gasteiger partial charge >= 0.3 is 0 Å². The van der Waals surface area contributed by atoms with Crippen molar-refractivity contribution < 1.29 is 4.79 Å². The summed E-state index contributed by atoms with van der Waals surface area (Å²) in [5.41, 5.74) is 3.34. The highest BCUT2D eigenvalue weighted by Crippen LogP contribution is 2.10. The second-order valence-corrected chi connectivity index (χ2v) is 5.41. The number of rotatable bonds is 7. The number of carbonyl (C=O) groups excluding carboxylic acids is 1. The first-order valence-electron chi connectivity index (χ1n) is 6.88. The van der Waals surface area contributed by atoms with Crippen LogP contribution in [0.15, 0.2) is 0 Å². The molecule has 0 spiro atoms. The monoisotopic (exact) mass is 266 g/mol. The lowest BCUT2D eigenvalue weighted by Gasteiger charge is -2.08. The van der Waals surface area contributed by atoms with E-state index in [0.29, 0.717) is 19.0 Å². The molecular weight excluding hydrogens is 240 g/mol. The zero-order chi connectivity index (χ0) is 14.4. The third-order valence-electron chi connectivity index (χ3n) is 3.29. The number of aryl methyl sites for hydroxylation is 2. The van der Waals surface area contributed by atoms with Gasteiger partial charge in [-0.25, -0.2) is 0 Å². The van der Waals surface area contributed by atoms with Crippen LogP contribution in [0.4, 0.5) is 0 Å².